The van der Waals surface area contributed by atoms with E-state index in [4.69, 9.17) is 14.9 Å². The highest BCUT2D eigenvalue weighted by Crippen LogP contribution is 2.29. The average molecular weight is 434 g/mol. The van der Waals surface area contributed by atoms with Crippen molar-refractivity contribution in [1.82, 2.24) is 4.90 Å². The zero-order chi connectivity index (χ0) is 22.5. The Morgan fingerprint density at radius 3 is 2.53 bits per heavy atom. The van der Waals surface area contributed by atoms with Gasteiger partial charge in [-0.25, -0.2) is 0 Å². The number of benzene rings is 2. The van der Waals surface area contributed by atoms with Crippen LogP contribution in [-0.2, 0) is 11.3 Å². The lowest BCUT2D eigenvalue weighted by Crippen LogP contribution is -2.38. The molecule has 0 radical (unpaired) electrons. The molecule has 7 nitrogen and oxygen atoms in total. The number of ketones is 1. The number of likely N-dealkylation sites (tertiary alicyclic amines) is 1. The molecule has 2 aromatic carbocycles. The van der Waals surface area contributed by atoms with Crippen LogP contribution in [0.25, 0.3) is 0 Å². The van der Waals surface area contributed by atoms with Crippen molar-refractivity contribution in [3.05, 3.63) is 77.7 Å². The number of carbonyl (C=O) groups excluding carboxylic acids is 2. The Morgan fingerprint density at radius 2 is 1.88 bits per heavy atom. The van der Waals surface area contributed by atoms with Crippen LogP contribution in [-0.4, -0.2) is 36.8 Å². The summed E-state index contributed by atoms with van der Waals surface area (Å²) in [7, 11) is 1.57. The predicted molar refractivity (Wildman–Crippen MR) is 123 cm³/mol. The van der Waals surface area contributed by atoms with E-state index < -0.39 is 0 Å². The monoisotopic (exact) mass is 433 g/mol. The summed E-state index contributed by atoms with van der Waals surface area (Å²) in [5.41, 5.74) is 8.91. The van der Waals surface area contributed by atoms with E-state index in [0.717, 1.165) is 38.0 Å². The zero-order valence-electron chi connectivity index (χ0n) is 18.0. The molecule has 0 unspecified atom stereocenters. The van der Waals surface area contributed by atoms with Gasteiger partial charge in [0, 0.05) is 29.2 Å². The van der Waals surface area contributed by atoms with Crippen molar-refractivity contribution in [3.8, 4) is 5.75 Å². The first kappa shape index (κ1) is 21.6. The first-order valence-electron chi connectivity index (χ1n) is 10.7. The fraction of sp³-hybridized carbons (Fsp3) is 0.280. The number of hydrogen-bond acceptors (Lipinski definition) is 6. The molecule has 7 heteroatoms. The first-order chi connectivity index (χ1) is 15.5. The Balaban J connectivity index is 1.43. The molecule has 0 spiro atoms. The Morgan fingerprint density at radius 1 is 1.12 bits per heavy atom. The molecule has 4 rings (SSSR count). The smallest absolute Gasteiger partial charge is 0.227 e. The van der Waals surface area contributed by atoms with E-state index in [1.54, 1.807) is 62.1 Å². The van der Waals surface area contributed by atoms with Crippen LogP contribution in [0.3, 0.4) is 0 Å². The molecular weight excluding hydrogens is 406 g/mol. The largest absolute Gasteiger partial charge is 0.497 e. The number of hydrogen-bond donors (Lipinski definition) is 2. The van der Waals surface area contributed by atoms with Crippen molar-refractivity contribution in [1.29, 1.82) is 0 Å². The van der Waals surface area contributed by atoms with E-state index >= 15 is 0 Å². The molecule has 166 valence electrons. The highest BCUT2D eigenvalue weighted by atomic mass is 16.5. The molecule has 1 aliphatic rings. The third-order valence-corrected chi connectivity index (χ3v) is 5.89. The van der Waals surface area contributed by atoms with Crippen LogP contribution in [0.2, 0.25) is 0 Å². The van der Waals surface area contributed by atoms with Gasteiger partial charge in [-0.1, -0.05) is 6.07 Å². The number of piperidine rings is 1. The Labute approximate surface area is 187 Å². The van der Waals surface area contributed by atoms with E-state index in [-0.39, 0.29) is 17.6 Å². The summed E-state index contributed by atoms with van der Waals surface area (Å²) >= 11 is 0. The van der Waals surface area contributed by atoms with Gasteiger partial charge in [0.25, 0.3) is 0 Å². The van der Waals surface area contributed by atoms with Crippen molar-refractivity contribution in [2.24, 2.45) is 5.92 Å². The van der Waals surface area contributed by atoms with E-state index in [9.17, 15) is 9.59 Å². The molecule has 1 amide bonds. The average Bonchev–Trinajstić information content (AvgIpc) is 3.33. The molecule has 32 heavy (non-hydrogen) atoms. The number of amides is 1. The van der Waals surface area contributed by atoms with E-state index in [0.29, 0.717) is 28.3 Å². The number of anilines is 2. The number of nitrogens with two attached hydrogens (primary N) is 1. The molecule has 0 saturated carbocycles. The van der Waals surface area contributed by atoms with Gasteiger partial charge >= 0.3 is 0 Å². The molecule has 1 aromatic heterocycles. The van der Waals surface area contributed by atoms with Crippen LogP contribution in [0, 0.1) is 5.92 Å². The normalized spacial score (nSPS) is 14.8. The lowest BCUT2D eigenvalue weighted by molar-refractivity contribution is -0.121. The van der Waals surface area contributed by atoms with Crippen LogP contribution in [0.5, 0.6) is 5.75 Å². The number of carbonyl (C=O) groups is 2. The molecular formula is C25H27N3O4. The van der Waals surface area contributed by atoms with Gasteiger partial charge in [-0.2, -0.15) is 0 Å². The number of para-hydroxylation sites is 1. The summed E-state index contributed by atoms with van der Waals surface area (Å²) in [5.74, 6) is 0.237. The van der Waals surface area contributed by atoms with Crippen LogP contribution in [0.15, 0.2) is 65.5 Å². The molecule has 1 fully saturated rings. The Kier molecular flexibility index (Phi) is 6.56. The second-order valence-electron chi connectivity index (χ2n) is 8.00. The molecule has 0 atom stereocenters. The fourth-order valence-corrected chi connectivity index (χ4v) is 4.02. The summed E-state index contributed by atoms with van der Waals surface area (Å²) in [6.45, 7) is 2.47. The maximum atomic E-state index is 13.1. The number of nitrogens with one attached hydrogen (secondary N) is 1. The van der Waals surface area contributed by atoms with Gasteiger partial charge in [-0.3, -0.25) is 14.5 Å². The summed E-state index contributed by atoms with van der Waals surface area (Å²) in [4.78, 5) is 28.4. The van der Waals surface area contributed by atoms with Gasteiger partial charge in [0.1, 0.15) is 5.75 Å². The lowest BCUT2D eigenvalue weighted by Gasteiger charge is -2.31. The highest BCUT2D eigenvalue weighted by Gasteiger charge is 2.27. The number of nitrogens with zero attached hydrogens (tertiary/aromatic N) is 1. The molecule has 0 aliphatic carbocycles. The van der Waals surface area contributed by atoms with Gasteiger partial charge in [0.05, 0.1) is 31.0 Å². The molecule has 1 aliphatic heterocycles. The van der Waals surface area contributed by atoms with Gasteiger partial charge in [-0.05, 0) is 68.4 Å². The number of furan rings is 1. The number of ether oxygens (including phenoxy) is 1. The van der Waals surface area contributed by atoms with Gasteiger partial charge < -0.3 is 20.2 Å². The standard InChI is InChI=1S/C25H27N3O4/c1-31-20-7-5-18(6-8-20)24(29)21-3-2-4-22(26)23(21)27-25(30)19-9-12-28(13-10-19)15-17-11-14-32-16-17/h2-8,11,14,16,19H,9-10,12-13,15,26H2,1H3,(H,27,30). The molecule has 3 aromatic rings. The quantitative estimate of drug-likeness (QED) is 0.432. The van der Waals surface area contributed by atoms with Crippen LogP contribution in [0.1, 0.15) is 34.3 Å². The van der Waals surface area contributed by atoms with Crippen molar-refractivity contribution in [3.63, 3.8) is 0 Å². The van der Waals surface area contributed by atoms with Crippen molar-refractivity contribution < 1.29 is 18.7 Å². The highest BCUT2D eigenvalue weighted by molar-refractivity contribution is 6.15. The third-order valence-electron chi connectivity index (χ3n) is 5.89. The van der Waals surface area contributed by atoms with Crippen LogP contribution < -0.4 is 15.8 Å². The van der Waals surface area contributed by atoms with Gasteiger partial charge in [0.2, 0.25) is 5.91 Å². The fourth-order valence-electron chi connectivity index (χ4n) is 4.02. The summed E-state index contributed by atoms with van der Waals surface area (Å²) in [6.07, 6.45) is 4.92. The lowest BCUT2D eigenvalue weighted by atomic mass is 9.94. The maximum absolute atomic E-state index is 13.1. The molecule has 2 heterocycles. The van der Waals surface area contributed by atoms with Crippen molar-refractivity contribution >= 4 is 23.1 Å². The number of rotatable bonds is 7. The van der Waals surface area contributed by atoms with E-state index in [1.807, 2.05) is 6.07 Å². The second kappa shape index (κ2) is 9.70. The summed E-state index contributed by atoms with van der Waals surface area (Å²) < 4.78 is 10.3. The van der Waals surface area contributed by atoms with Crippen LogP contribution in [0.4, 0.5) is 11.4 Å². The molecule has 3 N–H and O–H groups in total. The third kappa shape index (κ3) is 4.84. The Bertz CT molecular complexity index is 1070. The minimum Gasteiger partial charge on any atom is -0.497 e. The van der Waals surface area contributed by atoms with E-state index in [2.05, 4.69) is 10.2 Å². The Hall–Kier alpha value is -3.58. The van der Waals surface area contributed by atoms with Gasteiger partial charge in [-0.15, -0.1) is 0 Å². The van der Waals surface area contributed by atoms with Crippen molar-refractivity contribution in [2.75, 3.05) is 31.2 Å². The number of nitrogen functional groups attached to an aromatic ring is 1. The van der Waals surface area contributed by atoms with Crippen LogP contribution >= 0.6 is 0 Å². The van der Waals surface area contributed by atoms with E-state index in [1.165, 1.54) is 0 Å². The zero-order valence-corrected chi connectivity index (χ0v) is 18.0. The topological polar surface area (TPSA) is 97.8 Å². The second-order valence-corrected chi connectivity index (χ2v) is 8.00. The SMILES string of the molecule is COc1ccc(C(=O)c2cccc(N)c2NC(=O)C2CCN(Cc3ccoc3)CC2)cc1. The summed E-state index contributed by atoms with van der Waals surface area (Å²) in [5, 5.41) is 2.94. The van der Waals surface area contributed by atoms with Gasteiger partial charge in [0.15, 0.2) is 5.78 Å². The van der Waals surface area contributed by atoms with Crippen molar-refractivity contribution in [2.45, 2.75) is 19.4 Å². The minimum absolute atomic E-state index is 0.102. The first-order valence-corrected chi connectivity index (χ1v) is 10.7. The molecule has 0 bridgehead atoms. The number of methoxy groups -OCH3 is 1. The predicted octanol–water partition coefficient (Wildman–Crippen LogP) is 3.95. The summed E-state index contributed by atoms with van der Waals surface area (Å²) in [6, 6.07) is 13.9. The molecule has 1 saturated heterocycles. The maximum Gasteiger partial charge on any atom is 0.227 e. The minimum atomic E-state index is -0.204.